The van der Waals surface area contributed by atoms with Crippen molar-refractivity contribution >= 4 is 5.97 Å². The maximum atomic E-state index is 11.0. The summed E-state index contributed by atoms with van der Waals surface area (Å²) >= 11 is 0. The van der Waals surface area contributed by atoms with Crippen LogP contribution in [-0.2, 0) is 29.0 Å². The molecule has 0 saturated carbocycles. The van der Waals surface area contributed by atoms with Gasteiger partial charge in [0.25, 0.3) is 0 Å². The third kappa shape index (κ3) is 1.77. The maximum absolute atomic E-state index is 11.0. The zero-order chi connectivity index (χ0) is 9.97. The summed E-state index contributed by atoms with van der Waals surface area (Å²) in [6, 6.07) is 0. The Kier molecular flexibility index (Phi) is 2.49. The molecule has 0 aliphatic carbocycles. The fraction of sp³-hybridized carbons (Fsp3) is 0.556. The van der Waals surface area contributed by atoms with Crippen molar-refractivity contribution in [3.63, 3.8) is 0 Å². The zero-order valence-electron chi connectivity index (χ0n) is 8.12. The fourth-order valence-corrected chi connectivity index (χ4v) is 1.57. The van der Waals surface area contributed by atoms with E-state index in [4.69, 9.17) is 0 Å². The van der Waals surface area contributed by atoms with Crippen molar-refractivity contribution in [3.8, 4) is 0 Å². The van der Waals surface area contributed by atoms with E-state index in [-0.39, 0.29) is 12.5 Å². The Morgan fingerprint density at radius 3 is 3.36 bits per heavy atom. The van der Waals surface area contributed by atoms with Gasteiger partial charge in [0.2, 0.25) is 0 Å². The molecule has 1 aliphatic rings. The number of nitrogens with zero attached hydrogens (tertiary/aromatic N) is 2. The number of esters is 1. The summed E-state index contributed by atoms with van der Waals surface area (Å²) in [7, 11) is 1.38. The summed E-state index contributed by atoms with van der Waals surface area (Å²) in [6.07, 6.45) is 2.84. The normalized spacial score (nSPS) is 14.9. The lowest BCUT2D eigenvalue weighted by atomic mass is 10.1. The highest BCUT2D eigenvalue weighted by Crippen LogP contribution is 2.10. The topological polar surface area (TPSA) is 56.2 Å². The van der Waals surface area contributed by atoms with E-state index >= 15 is 0 Å². The summed E-state index contributed by atoms with van der Waals surface area (Å²) in [5.41, 5.74) is 2.27. The van der Waals surface area contributed by atoms with Gasteiger partial charge >= 0.3 is 5.97 Å². The molecule has 0 radical (unpaired) electrons. The second-order valence-corrected chi connectivity index (χ2v) is 3.30. The minimum absolute atomic E-state index is 0.198. The SMILES string of the molecule is COC(=O)Cn1cc2c(n1)CCNC2. The van der Waals surface area contributed by atoms with Crippen LogP contribution in [0.4, 0.5) is 0 Å². The van der Waals surface area contributed by atoms with Crippen molar-refractivity contribution in [2.75, 3.05) is 13.7 Å². The summed E-state index contributed by atoms with van der Waals surface area (Å²) in [6.45, 7) is 2.00. The Bertz CT molecular complexity index is 322. The van der Waals surface area contributed by atoms with Crippen LogP contribution in [0, 0.1) is 0 Å². The van der Waals surface area contributed by atoms with Gasteiger partial charge in [-0.25, -0.2) is 0 Å². The van der Waals surface area contributed by atoms with Gasteiger partial charge in [-0.1, -0.05) is 0 Å². The predicted molar refractivity (Wildman–Crippen MR) is 49.7 cm³/mol. The molecule has 0 fully saturated rings. The Labute approximate surface area is 82.0 Å². The predicted octanol–water partition coefficient (Wildman–Crippen LogP) is -0.298. The van der Waals surface area contributed by atoms with Gasteiger partial charge in [-0.3, -0.25) is 9.48 Å². The number of hydrogen-bond donors (Lipinski definition) is 1. The average molecular weight is 195 g/mol. The molecule has 1 aromatic heterocycles. The first-order valence-electron chi connectivity index (χ1n) is 4.62. The second-order valence-electron chi connectivity index (χ2n) is 3.30. The van der Waals surface area contributed by atoms with Crippen LogP contribution in [0.3, 0.4) is 0 Å². The van der Waals surface area contributed by atoms with E-state index in [1.165, 1.54) is 12.7 Å². The molecule has 2 rings (SSSR count). The molecule has 5 heteroatoms. The van der Waals surface area contributed by atoms with Crippen LogP contribution >= 0.6 is 0 Å². The van der Waals surface area contributed by atoms with Crippen molar-refractivity contribution in [2.45, 2.75) is 19.5 Å². The highest BCUT2D eigenvalue weighted by atomic mass is 16.5. The van der Waals surface area contributed by atoms with E-state index in [0.29, 0.717) is 0 Å². The minimum atomic E-state index is -0.266. The number of fused-ring (bicyclic) bond motifs is 1. The number of carbonyl (C=O) groups is 1. The molecular weight excluding hydrogens is 182 g/mol. The standard InChI is InChI=1S/C9H13N3O2/c1-14-9(13)6-12-5-7-4-10-3-2-8(7)11-12/h5,10H,2-4,6H2,1H3. The molecular formula is C9H13N3O2. The van der Waals surface area contributed by atoms with Crippen LogP contribution in [0.5, 0.6) is 0 Å². The fourth-order valence-electron chi connectivity index (χ4n) is 1.57. The van der Waals surface area contributed by atoms with E-state index in [0.717, 1.165) is 25.2 Å². The maximum Gasteiger partial charge on any atom is 0.327 e. The number of aromatic nitrogens is 2. The summed E-state index contributed by atoms with van der Waals surface area (Å²) in [5.74, 6) is -0.266. The number of ether oxygens (including phenoxy) is 1. The van der Waals surface area contributed by atoms with Crippen molar-refractivity contribution in [1.29, 1.82) is 0 Å². The first-order chi connectivity index (χ1) is 6.79. The third-order valence-corrected chi connectivity index (χ3v) is 2.30. The number of nitrogens with one attached hydrogen (secondary N) is 1. The van der Waals surface area contributed by atoms with Gasteiger partial charge in [-0.05, 0) is 0 Å². The van der Waals surface area contributed by atoms with Gasteiger partial charge in [-0.2, -0.15) is 5.10 Å². The number of hydrogen-bond acceptors (Lipinski definition) is 4. The molecule has 0 amide bonds. The van der Waals surface area contributed by atoms with Gasteiger partial charge in [0.1, 0.15) is 6.54 Å². The first kappa shape index (κ1) is 9.21. The lowest BCUT2D eigenvalue weighted by Gasteiger charge is -2.09. The first-order valence-corrected chi connectivity index (χ1v) is 4.62. The molecule has 2 heterocycles. The van der Waals surface area contributed by atoms with Crippen molar-refractivity contribution < 1.29 is 9.53 Å². The van der Waals surface area contributed by atoms with Crippen LogP contribution < -0.4 is 5.32 Å². The van der Waals surface area contributed by atoms with Gasteiger partial charge in [0.15, 0.2) is 0 Å². The molecule has 0 spiro atoms. The van der Waals surface area contributed by atoms with Gasteiger partial charge < -0.3 is 10.1 Å². The Balaban J connectivity index is 2.12. The highest BCUT2D eigenvalue weighted by molar-refractivity contribution is 5.68. The number of carbonyl (C=O) groups excluding carboxylic acids is 1. The summed E-state index contributed by atoms with van der Waals surface area (Å²) in [4.78, 5) is 11.0. The average Bonchev–Trinajstić information content (AvgIpc) is 2.59. The Morgan fingerprint density at radius 2 is 2.64 bits per heavy atom. The van der Waals surface area contributed by atoms with Crippen molar-refractivity contribution in [3.05, 3.63) is 17.5 Å². The highest BCUT2D eigenvalue weighted by Gasteiger charge is 2.13. The molecule has 1 aliphatic heterocycles. The van der Waals surface area contributed by atoms with Crippen LogP contribution in [0.15, 0.2) is 6.20 Å². The molecule has 0 saturated heterocycles. The molecule has 1 aromatic rings. The summed E-state index contributed by atoms with van der Waals surface area (Å²) in [5, 5.41) is 7.57. The minimum Gasteiger partial charge on any atom is -0.468 e. The van der Waals surface area contributed by atoms with Gasteiger partial charge in [-0.15, -0.1) is 0 Å². The molecule has 76 valence electrons. The third-order valence-electron chi connectivity index (χ3n) is 2.30. The Morgan fingerprint density at radius 1 is 1.79 bits per heavy atom. The van der Waals surface area contributed by atoms with E-state index in [9.17, 15) is 4.79 Å². The molecule has 0 aromatic carbocycles. The molecule has 14 heavy (non-hydrogen) atoms. The molecule has 5 nitrogen and oxygen atoms in total. The number of methoxy groups -OCH3 is 1. The molecule has 0 bridgehead atoms. The molecule has 1 N–H and O–H groups in total. The van der Waals surface area contributed by atoms with Crippen LogP contribution in [0.1, 0.15) is 11.3 Å². The smallest absolute Gasteiger partial charge is 0.327 e. The van der Waals surface area contributed by atoms with Gasteiger partial charge in [0, 0.05) is 31.3 Å². The van der Waals surface area contributed by atoms with Crippen LogP contribution in [0.25, 0.3) is 0 Å². The second kappa shape index (κ2) is 3.79. The number of rotatable bonds is 2. The summed E-state index contributed by atoms with van der Waals surface area (Å²) < 4.78 is 6.21. The zero-order valence-corrected chi connectivity index (χ0v) is 8.12. The lowest BCUT2D eigenvalue weighted by Crippen LogP contribution is -2.22. The van der Waals surface area contributed by atoms with Crippen LogP contribution in [0.2, 0.25) is 0 Å². The quantitative estimate of drug-likeness (QED) is 0.658. The Hall–Kier alpha value is -1.36. The van der Waals surface area contributed by atoms with Crippen molar-refractivity contribution in [2.24, 2.45) is 0 Å². The van der Waals surface area contributed by atoms with Crippen LogP contribution in [-0.4, -0.2) is 29.4 Å². The monoisotopic (exact) mass is 195 g/mol. The van der Waals surface area contributed by atoms with E-state index in [2.05, 4.69) is 15.2 Å². The van der Waals surface area contributed by atoms with Crippen molar-refractivity contribution in [1.82, 2.24) is 15.1 Å². The lowest BCUT2D eigenvalue weighted by molar-refractivity contribution is -0.141. The van der Waals surface area contributed by atoms with E-state index in [1.807, 2.05) is 6.20 Å². The van der Waals surface area contributed by atoms with E-state index < -0.39 is 0 Å². The molecule has 0 atom stereocenters. The van der Waals surface area contributed by atoms with Gasteiger partial charge in [0.05, 0.1) is 12.8 Å². The molecule has 0 unspecified atom stereocenters. The largest absolute Gasteiger partial charge is 0.468 e. The van der Waals surface area contributed by atoms with E-state index in [1.54, 1.807) is 4.68 Å².